The third-order valence-corrected chi connectivity index (χ3v) is 3.48. The zero-order chi connectivity index (χ0) is 13.1. The zero-order valence-electron chi connectivity index (χ0n) is 11.2. The van der Waals surface area contributed by atoms with Crippen molar-refractivity contribution in [2.24, 2.45) is 5.92 Å². The van der Waals surface area contributed by atoms with Crippen LogP contribution in [0.5, 0.6) is 0 Å². The van der Waals surface area contributed by atoms with E-state index in [2.05, 4.69) is 29.9 Å². The summed E-state index contributed by atoms with van der Waals surface area (Å²) in [5.41, 5.74) is 6.53. The predicted molar refractivity (Wildman–Crippen MR) is 72.3 cm³/mol. The largest absolute Gasteiger partial charge is 0.383 e. The lowest BCUT2D eigenvalue weighted by molar-refractivity contribution is 0.442. The summed E-state index contributed by atoms with van der Waals surface area (Å²) in [7, 11) is 0. The van der Waals surface area contributed by atoms with Gasteiger partial charge in [-0.1, -0.05) is 13.8 Å². The molecule has 0 bridgehead atoms. The van der Waals surface area contributed by atoms with Gasteiger partial charge in [0.15, 0.2) is 5.82 Å². The van der Waals surface area contributed by atoms with Gasteiger partial charge in [0.2, 0.25) is 0 Å². The molecule has 1 aliphatic rings. The molecule has 1 aromatic heterocycles. The summed E-state index contributed by atoms with van der Waals surface area (Å²) >= 11 is 0. The highest BCUT2D eigenvalue weighted by molar-refractivity contribution is 5.65. The second-order valence-electron chi connectivity index (χ2n) is 5.11. The molecule has 2 heterocycles. The molecule has 0 aliphatic carbocycles. The summed E-state index contributed by atoms with van der Waals surface area (Å²) in [5, 5.41) is 13.8. The molecule has 2 rings (SSSR count). The first-order chi connectivity index (χ1) is 8.67. The van der Waals surface area contributed by atoms with Crippen LogP contribution >= 0.6 is 0 Å². The van der Waals surface area contributed by atoms with Gasteiger partial charge in [-0.15, -0.1) is 0 Å². The van der Waals surface area contributed by atoms with Crippen molar-refractivity contribution in [2.45, 2.75) is 39.7 Å². The maximum atomic E-state index is 9.27. The third-order valence-electron chi connectivity index (χ3n) is 3.48. The fourth-order valence-electron chi connectivity index (χ4n) is 2.55. The number of aromatic nitrogens is 2. The summed E-state index contributed by atoms with van der Waals surface area (Å²) in [5.74, 6) is 1.94. The average Bonchev–Trinajstić information content (AvgIpc) is 2.67. The van der Waals surface area contributed by atoms with E-state index < -0.39 is 0 Å². The molecule has 1 saturated heterocycles. The number of nitrogens with two attached hydrogens (primary N) is 1. The molecule has 18 heavy (non-hydrogen) atoms. The van der Waals surface area contributed by atoms with Crippen LogP contribution in [0.3, 0.4) is 0 Å². The maximum Gasteiger partial charge on any atom is 0.170 e. The van der Waals surface area contributed by atoms with Crippen molar-refractivity contribution in [2.75, 3.05) is 23.7 Å². The quantitative estimate of drug-likeness (QED) is 0.886. The molecule has 1 aliphatic heterocycles. The van der Waals surface area contributed by atoms with Crippen molar-refractivity contribution >= 4 is 11.6 Å². The van der Waals surface area contributed by atoms with Crippen molar-refractivity contribution in [3.63, 3.8) is 0 Å². The molecule has 1 aromatic rings. The number of anilines is 2. The number of nitrogens with zero attached hydrogens (tertiary/aromatic N) is 4. The van der Waals surface area contributed by atoms with Gasteiger partial charge in [-0.05, 0) is 25.2 Å². The highest BCUT2D eigenvalue weighted by Gasteiger charge is 2.24. The average molecular weight is 247 g/mol. The van der Waals surface area contributed by atoms with Gasteiger partial charge < -0.3 is 10.6 Å². The molecule has 0 radical (unpaired) electrons. The topological polar surface area (TPSA) is 70.9 Å². The van der Waals surface area contributed by atoms with Crippen molar-refractivity contribution in [1.82, 2.24) is 9.78 Å². The normalized spacial score (nSPS) is 19.8. The number of nitriles is 1. The lowest BCUT2D eigenvalue weighted by Crippen LogP contribution is -2.35. The Morgan fingerprint density at radius 3 is 2.94 bits per heavy atom. The van der Waals surface area contributed by atoms with Crippen LogP contribution in [0.1, 0.15) is 38.7 Å². The molecule has 5 nitrogen and oxygen atoms in total. The lowest BCUT2D eigenvalue weighted by Gasteiger charge is -2.31. The Bertz CT molecular complexity index is 457. The van der Waals surface area contributed by atoms with Crippen LogP contribution in [0, 0.1) is 17.2 Å². The summed E-state index contributed by atoms with van der Waals surface area (Å²) in [6, 6.07) is 2.20. The molecule has 1 atom stereocenters. The number of aryl methyl sites for hydroxylation is 1. The molecule has 2 N–H and O–H groups in total. The summed E-state index contributed by atoms with van der Waals surface area (Å²) in [4.78, 5) is 2.20. The van der Waals surface area contributed by atoms with E-state index in [1.165, 1.54) is 6.42 Å². The summed E-state index contributed by atoms with van der Waals surface area (Å²) < 4.78 is 1.76. The Kier molecular flexibility index (Phi) is 3.75. The van der Waals surface area contributed by atoms with Gasteiger partial charge in [0.25, 0.3) is 0 Å². The maximum absolute atomic E-state index is 9.27. The van der Waals surface area contributed by atoms with Gasteiger partial charge in [0.1, 0.15) is 17.5 Å². The Labute approximate surface area is 108 Å². The molecular formula is C13H21N5. The third kappa shape index (κ3) is 2.28. The Balaban J connectivity index is 2.31. The standard InChI is InChI=1S/C13H21N5/c1-3-6-18-12(15)11(8-14)13(16-18)17-7-4-5-10(2)9-17/h10H,3-7,9,15H2,1-2H3. The SMILES string of the molecule is CCCn1nc(N2CCCC(C)C2)c(C#N)c1N. The van der Waals surface area contributed by atoms with E-state index in [4.69, 9.17) is 5.73 Å². The molecule has 0 amide bonds. The first-order valence-corrected chi connectivity index (χ1v) is 6.68. The fourth-order valence-corrected chi connectivity index (χ4v) is 2.55. The monoisotopic (exact) mass is 247 g/mol. The van der Waals surface area contributed by atoms with Crippen molar-refractivity contribution in [3.8, 4) is 6.07 Å². The smallest absolute Gasteiger partial charge is 0.170 e. The van der Waals surface area contributed by atoms with Gasteiger partial charge in [-0.3, -0.25) is 0 Å². The van der Waals surface area contributed by atoms with Gasteiger partial charge in [-0.2, -0.15) is 10.4 Å². The van der Waals surface area contributed by atoms with Gasteiger partial charge in [-0.25, -0.2) is 4.68 Å². The number of hydrogen-bond donors (Lipinski definition) is 1. The van der Waals surface area contributed by atoms with E-state index in [-0.39, 0.29) is 0 Å². The van der Waals surface area contributed by atoms with Crippen molar-refractivity contribution < 1.29 is 0 Å². The minimum atomic E-state index is 0.507. The molecule has 0 spiro atoms. The first-order valence-electron chi connectivity index (χ1n) is 6.68. The number of nitrogen functional groups attached to an aromatic ring is 1. The van der Waals surface area contributed by atoms with Crippen LogP contribution in [0.2, 0.25) is 0 Å². The second-order valence-corrected chi connectivity index (χ2v) is 5.11. The van der Waals surface area contributed by atoms with Crippen LogP contribution in [-0.2, 0) is 6.54 Å². The highest BCUT2D eigenvalue weighted by Crippen LogP contribution is 2.28. The van der Waals surface area contributed by atoms with E-state index in [0.29, 0.717) is 17.3 Å². The Morgan fingerprint density at radius 2 is 2.33 bits per heavy atom. The molecule has 0 aromatic carbocycles. The van der Waals surface area contributed by atoms with E-state index in [9.17, 15) is 5.26 Å². The van der Waals surface area contributed by atoms with Gasteiger partial charge in [0, 0.05) is 19.6 Å². The van der Waals surface area contributed by atoms with E-state index in [0.717, 1.165) is 38.3 Å². The zero-order valence-corrected chi connectivity index (χ0v) is 11.2. The molecule has 98 valence electrons. The van der Waals surface area contributed by atoms with E-state index in [1.54, 1.807) is 4.68 Å². The van der Waals surface area contributed by atoms with Crippen molar-refractivity contribution in [3.05, 3.63) is 5.56 Å². The minimum Gasteiger partial charge on any atom is -0.383 e. The molecular weight excluding hydrogens is 226 g/mol. The number of rotatable bonds is 3. The summed E-state index contributed by atoms with van der Waals surface area (Å²) in [6.07, 6.45) is 3.38. The first kappa shape index (κ1) is 12.7. The molecule has 5 heteroatoms. The summed E-state index contributed by atoms with van der Waals surface area (Å²) in [6.45, 7) is 7.03. The molecule has 1 unspecified atom stereocenters. The second kappa shape index (κ2) is 5.30. The van der Waals surface area contributed by atoms with E-state index in [1.807, 2.05) is 0 Å². The van der Waals surface area contributed by atoms with Crippen LogP contribution in [0.15, 0.2) is 0 Å². The number of hydrogen-bond acceptors (Lipinski definition) is 4. The Hall–Kier alpha value is -1.70. The minimum absolute atomic E-state index is 0.507. The van der Waals surface area contributed by atoms with Crippen LogP contribution < -0.4 is 10.6 Å². The number of piperidine rings is 1. The van der Waals surface area contributed by atoms with Gasteiger partial charge in [0.05, 0.1) is 0 Å². The molecule has 1 fully saturated rings. The predicted octanol–water partition coefficient (Wildman–Crippen LogP) is 1.98. The highest BCUT2D eigenvalue weighted by atomic mass is 15.4. The van der Waals surface area contributed by atoms with Crippen LogP contribution in [-0.4, -0.2) is 22.9 Å². The van der Waals surface area contributed by atoms with E-state index >= 15 is 0 Å². The fraction of sp³-hybridized carbons (Fsp3) is 0.692. The van der Waals surface area contributed by atoms with Crippen LogP contribution in [0.4, 0.5) is 11.6 Å². The Morgan fingerprint density at radius 1 is 1.56 bits per heavy atom. The molecule has 0 saturated carbocycles. The lowest BCUT2D eigenvalue weighted by atomic mass is 10.0. The van der Waals surface area contributed by atoms with Gasteiger partial charge >= 0.3 is 0 Å². The van der Waals surface area contributed by atoms with Crippen LogP contribution in [0.25, 0.3) is 0 Å². The van der Waals surface area contributed by atoms with Crippen molar-refractivity contribution in [1.29, 1.82) is 5.26 Å².